The van der Waals surface area contributed by atoms with Crippen molar-refractivity contribution in [1.82, 2.24) is 24.5 Å². The van der Waals surface area contributed by atoms with Crippen molar-refractivity contribution in [2.45, 2.75) is 26.8 Å². The molecule has 1 unspecified atom stereocenters. The minimum absolute atomic E-state index is 0.148. The number of fused-ring (bicyclic) bond motifs is 2. The summed E-state index contributed by atoms with van der Waals surface area (Å²) in [7, 11) is 1.90. The van der Waals surface area contributed by atoms with Gasteiger partial charge in [-0.05, 0) is 60.0 Å². The van der Waals surface area contributed by atoms with E-state index in [2.05, 4.69) is 20.7 Å². The summed E-state index contributed by atoms with van der Waals surface area (Å²) in [6.45, 7) is 5.48. The monoisotopic (exact) mass is 498 g/mol. The van der Waals surface area contributed by atoms with Gasteiger partial charge < -0.3 is 9.88 Å². The van der Waals surface area contributed by atoms with Gasteiger partial charge in [-0.25, -0.2) is 8.91 Å². The molecule has 5 rings (SSSR count). The highest BCUT2D eigenvalue weighted by atomic mass is 19.1. The van der Waals surface area contributed by atoms with Gasteiger partial charge in [-0.2, -0.15) is 4.98 Å². The lowest BCUT2D eigenvalue weighted by molar-refractivity contribution is -0.118. The lowest BCUT2D eigenvalue weighted by Crippen LogP contribution is -2.26. The highest BCUT2D eigenvalue weighted by Crippen LogP contribution is 2.29. The molecule has 2 N–H and O–H groups in total. The van der Waals surface area contributed by atoms with Crippen LogP contribution in [0.4, 0.5) is 10.3 Å². The number of anilines is 1. The standard InChI is InChI=1S/C28H27FN6O2/c1-16(2)26(36)32-28-31-25-14-20(11-12-35(25)33-28)19-7-10-24-22(13-19)23(15-34(24)4)27(37)30-17(3)18-5-8-21(29)9-6-18/h5-17H,1-4H3,(H,30,37)(H,32,33,36). The molecule has 2 aromatic carbocycles. The number of aromatic nitrogens is 4. The smallest absolute Gasteiger partial charge is 0.253 e. The first-order valence-corrected chi connectivity index (χ1v) is 12.0. The van der Waals surface area contributed by atoms with Gasteiger partial charge in [-0.3, -0.25) is 14.9 Å². The average Bonchev–Trinajstić information content (AvgIpc) is 3.43. The zero-order chi connectivity index (χ0) is 26.3. The van der Waals surface area contributed by atoms with Crippen molar-refractivity contribution in [2.24, 2.45) is 13.0 Å². The molecule has 0 fully saturated rings. The van der Waals surface area contributed by atoms with E-state index in [1.807, 2.05) is 55.1 Å². The number of carbonyl (C=O) groups is 2. The number of benzene rings is 2. The third kappa shape index (κ3) is 4.80. The first-order chi connectivity index (χ1) is 17.7. The van der Waals surface area contributed by atoms with Crippen LogP contribution in [0, 0.1) is 11.7 Å². The molecule has 0 saturated carbocycles. The van der Waals surface area contributed by atoms with Gasteiger partial charge in [0.15, 0.2) is 5.65 Å². The summed E-state index contributed by atoms with van der Waals surface area (Å²) in [5.41, 5.74) is 4.70. The van der Waals surface area contributed by atoms with E-state index in [1.165, 1.54) is 12.1 Å². The molecule has 8 nitrogen and oxygen atoms in total. The summed E-state index contributed by atoms with van der Waals surface area (Å²) in [5, 5.41) is 10.9. The van der Waals surface area contributed by atoms with Crippen LogP contribution in [0.15, 0.2) is 67.0 Å². The molecule has 0 aliphatic heterocycles. The molecule has 9 heteroatoms. The second-order valence-corrected chi connectivity index (χ2v) is 9.43. The predicted molar refractivity (Wildman–Crippen MR) is 141 cm³/mol. The molecule has 2 amide bonds. The zero-order valence-electron chi connectivity index (χ0n) is 21.0. The Kier molecular flexibility index (Phi) is 6.20. The van der Waals surface area contributed by atoms with Gasteiger partial charge >= 0.3 is 0 Å². The number of pyridine rings is 1. The molecule has 0 spiro atoms. The number of hydrogen-bond donors (Lipinski definition) is 2. The highest BCUT2D eigenvalue weighted by Gasteiger charge is 2.18. The van der Waals surface area contributed by atoms with E-state index in [0.29, 0.717) is 11.2 Å². The second kappa shape index (κ2) is 9.50. The Bertz CT molecular complexity index is 1630. The quantitative estimate of drug-likeness (QED) is 0.340. The van der Waals surface area contributed by atoms with Gasteiger partial charge in [0.2, 0.25) is 11.9 Å². The number of rotatable bonds is 6. The number of amides is 2. The average molecular weight is 499 g/mol. The van der Waals surface area contributed by atoms with Crippen LogP contribution < -0.4 is 10.6 Å². The molecular formula is C28H27FN6O2. The van der Waals surface area contributed by atoms with Gasteiger partial charge in [-0.15, -0.1) is 5.10 Å². The Hall–Kier alpha value is -4.53. The molecule has 0 aliphatic carbocycles. The van der Waals surface area contributed by atoms with E-state index in [4.69, 9.17) is 0 Å². The van der Waals surface area contributed by atoms with E-state index in [-0.39, 0.29) is 35.5 Å². The summed E-state index contributed by atoms with van der Waals surface area (Å²) in [5.74, 6) is -0.596. The first-order valence-electron chi connectivity index (χ1n) is 12.0. The van der Waals surface area contributed by atoms with Crippen molar-refractivity contribution < 1.29 is 14.0 Å². The molecule has 37 heavy (non-hydrogen) atoms. The maximum Gasteiger partial charge on any atom is 0.253 e. The fourth-order valence-electron chi connectivity index (χ4n) is 4.23. The minimum Gasteiger partial charge on any atom is -0.350 e. The third-order valence-electron chi connectivity index (χ3n) is 6.38. The molecule has 0 saturated heterocycles. The van der Waals surface area contributed by atoms with Crippen LogP contribution in [0.25, 0.3) is 27.7 Å². The molecule has 0 radical (unpaired) electrons. The predicted octanol–water partition coefficient (Wildman–Crippen LogP) is 5.11. The third-order valence-corrected chi connectivity index (χ3v) is 6.38. The molecule has 0 aliphatic rings. The van der Waals surface area contributed by atoms with Gasteiger partial charge in [0, 0.05) is 36.3 Å². The SMILES string of the molecule is CC(C)C(=O)Nc1nc2cc(-c3ccc4c(c3)c(C(=O)NC(C)c3ccc(F)cc3)cn4C)ccn2n1. The van der Waals surface area contributed by atoms with Crippen molar-refractivity contribution in [3.63, 3.8) is 0 Å². The van der Waals surface area contributed by atoms with E-state index in [1.54, 1.807) is 36.7 Å². The summed E-state index contributed by atoms with van der Waals surface area (Å²) >= 11 is 0. The van der Waals surface area contributed by atoms with Crippen molar-refractivity contribution in [1.29, 1.82) is 0 Å². The number of nitrogens with one attached hydrogen (secondary N) is 2. The largest absolute Gasteiger partial charge is 0.350 e. The Labute approximate surface area is 213 Å². The second-order valence-electron chi connectivity index (χ2n) is 9.43. The summed E-state index contributed by atoms with van der Waals surface area (Å²) in [4.78, 5) is 29.7. The van der Waals surface area contributed by atoms with Crippen LogP contribution in [0.5, 0.6) is 0 Å². The van der Waals surface area contributed by atoms with Gasteiger partial charge in [0.25, 0.3) is 5.91 Å². The van der Waals surface area contributed by atoms with Crippen molar-refractivity contribution in [3.8, 4) is 11.1 Å². The normalized spacial score (nSPS) is 12.3. The first kappa shape index (κ1) is 24.2. The number of carbonyl (C=O) groups excluding carboxylic acids is 2. The van der Waals surface area contributed by atoms with Crippen molar-refractivity contribution in [2.75, 3.05) is 5.32 Å². The fourth-order valence-corrected chi connectivity index (χ4v) is 4.23. The number of aryl methyl sites for hydroxylation is 1. The molecule has 3 heterocycles. The Morgan fingerprint density at radius 1 is 0.973 bits per heavy atom. The zero-order valence-corrected chi connectivity index (χ0v) is 21.0. The molecular weight excluding hydrogens is 471 g/mol. The maximum absolute atomic E-state index is 13.3. The summed E-state index contributed by atoms with van der Waals surface area (Å²) in [6.07, 6.45) is 3.60. The van der Waals surface area contributed by atoms with Gasteiger partial charge in [0.05, 0.1) is 11.6 Å². The Balaban J connectivity index is 1.45. The minimum atomic E-state index is -0.315. The van der Waals surface area contributed by atoms with E-state index in [0.717, 1.165) is 27.6 Å². The molecule has 0 bridgehead atoms. The lowest BCUT2D eigenvalue weighted by atomic mass is 10.0. The number of nitrogens with zero attached hydrogens (tertiary/aromatic N) is 4. The van der Waals surface area contributed by atoms with Crippen molar-refractivity contribution >= 4 is 34.3 Å². The summed E-state index contributed by atoms with van der Waals surface area (Å²) in [6, 6.07) is 15.6. The Morgan fingerprint density at radius 3 is 2.43 bits per heavy atom. The van der Waals surface area contributed by atoms with E-state index >= 15 is 0 Å². The van der Waals surface area contributed by atoms with Crippen LogP contribution in [-0.2, 0) is 11.8 Å². The van der Waals surface area contributed by atoms with Crippen LogP contribution in [-0.4, -0.2) is 31.0 Å². The van der Waals surface area contributed by atoms with Crippen LogP contribution in [0.1, 0.15) is 42.7 Å². The topological polar surface area (TPSA) is 93.3 Å². The lowest BCUT2D eigenvalue weighted by Gasteiger charge is -2.14. The Morgan fingerprint density at radius 2 is 1.70 bits per heavy atom. The van der Waals surface area contributed by atoms with Gasteiger partial charge in [0.1, 0.15) is 5.82 Å². The van der Waals surface area contributed by atoms with Crippen LogP contribution >= 0.6 is 0 Å². The van der Waals surface area contributed by atoms with Crippen LogP contribution in [0.3, 0.4) is 0 Å². The van der Waals surface area contributed by atoms with Gasteiger partial charge in [-0.1, -0.05) is 32.0 Å². The molecule has 3 aromatic heterocycles. The number of halogens is 1. The highest BCUT2D eigenvalue weighted by molar-refractivity contribution is 6.08. The summed E-state index contributed by atoms with van der Waals surface area (Å²) < 4.78 is 16.8. The molecule has 188 valence electrons. The number of hydrogen-bond acceptors (Lipinski definition) is 4. The van der Waals surface area contributed by atoms with E-state index < -0.39 is 0 Å². The molecule has 1 atom stereocenters. The fraction of sp³-hybridized carbons (Fsp3) is 0.214. The molecule has 5 aromatic rings. The van der Waals surface area contributed by atoms with E-state index in [9.17, 15) is 14.0 Å². The van der Waals surface area contributed by atoms with Crippen molar-refractivity contribution in [3.05, 3.63) is 83.9 Å². The maximum atomic E-state index is 13.3. The van der Waals surface area contributed by atoms with Crippen LogP contribution in [0.2, 0.25) is 0 Å².